The molecule has 1 aromatic heterocycles. The fourth-order valence-electron chi connectivity index (χ4n) is 1.54. The fraction of sp³-hybridized carbons (Fsp3) is 0.545. The lowest BCUT2D eigenvalue weighted by molar-refractivity contribution is -0.135. The van der Waals surface area contributed by atoms with Crippen molar-refractivity contribution in [2.75, 3.05) is 19.8 Å². The third kappa shape index (κ3) is 2.86. The van der Waals surface area contributed by atoms with Gasteiger partial charge in [0.05, 0.1) is 19.8 Å². The summed E-state index contributed by atoms with van der Waals surface area (Å²) < 4.78 is 15.3. The predicted molar refractivity (Wildman–Crippen MR) is 59.4 cm³/mol. The van der Waals surface area contributed by atoms with Crippen LogP contribution in [0.15, 0.2) is 6.07 Å². The molecule has 98 valence electrons. The van der Waals surface area contributed by atoms with Gasteiger partial charge < -0.3 is 14.2 Å². The minimum atomic E-state index is -0.655. The Bertz CT molecular complexity index is 442. The number of nitrogens with one attached hydrogen (secondary N) is 1. The highest BCUT2D eigenvalue weighted by atomic mass is 16.5. The molecule has 0 saturated carbocycles. The van der Waals surface area contributed by atoms with E-state index in [0.717, 1.165) is 0 Å². The van der Waals surface area contributed by atoms with Crippen LogP contribution < -0.4 is 4.74 Å². The molecule has 0 aromatic carbocycles. The number of ether oxygens (including phenoxy) is 3. The number of esters is 1. The maximum atomic E-state index is 11.5. The third-order valence-corrected chi connectivity index (χ3v) is 2.43. The van der Waals surface area contributed by atoms with E-state index in [1.54, 1.807) is 6.92 Å². The van der Waals surface area contributed by atoms with Crippen molar-refractivity contribution in [2.45, 2.75) is 19.4 Å². The lowest BCUT2D eigenvalue weighted by Gasteiger charge is -2.20. The number of carbonyl (C=O) groups excluding carboxylic acids is 2. The summed E-state index contributed by atoms with van der Waals surface area (Å²) in [6.45, 7) is 2.63. The maximum absolute atomic E-state index is 11.5. The molecule has 1 fully saturated rings. The van der Waals surface area contributed by atoms with Crippen molar-refractivity contribution < 1.29 is 23.8 Å². The zero-order valence-corrected chi connectivity index (χ0v) is 9.97. The molecule has 2 rings (SSSR count). The number of ketones is 1. The Morgan fingerprint density at radius 1 is 1.67 bits per heavy atom. The SMILES string of the molecule is CCOC(=O)c1cc(OC2COCCC2=O)n[nH]1. The van der Waals surface area contributed by atoms with E-state index in [4.69, 9.17) is 14.2 Å². The van der Waals surface area contributed by atoms with Gasteiger partial charge in [-0.25, -0.2) is 4.79 Å². The van der Waals surface area contributed by atoms with Crippen LogP contribution in [0.5, 0.6) is 5.88 Å². The molecule has 7 nitrogen and oxygen atoms in total. The molecule has 1 saturated heterocycles. The van der Waals surface area contributed by atoms with Gasteiger partial charge in [-0.1, -0.05) is 0 Å². The molecule has 1 aliphatic rings. The van der Waals surface area contributed by atoms with Gasteiger partial charge in [0.15, 0.2) is 11.9 Å². The standard InChI is InChI=1S/C11H14N2O5/c1-2-17-11(15)7-5-10(13-12-7)18-9-6-16-4-3-8(9)14/h5,9H,2-4,6H2,1H3,(H,12,13). The van der Waals surface area contributed by atoms with Crippen LogP contribution >= 0.6 is 0 Å². The molecule has 1 N–H and O–H groups in total. The van der Waals surface area contributed by atoms with Gasteiger partial charge in [-0.05, 0) is 6.92 Å². The van der Waals surface area contributed by atoms with Crippen molar-refractivity contribution in [1.82, 2.24) is 10.2 Å². The van der Waals surface area contributed by atoms with Crippen LogP contribution in [-0.2, 0) is 14.3 Å². The van der Waals surface area contributed by atoms with E-state index < -0.39 is 12.1 Å². The Hall–Kier alpha value is -1.89. The molecule has 1 unspecified atom stereocenters. The molecule has 18 heavy (non-hydrogen) atoms. The van der Waals surface area contributed by atoms with E-state index in [-0.39, 0.29) is 30.6 Å². The first-order chi connectivity index (χ1) is 8.70. The third-order valence-electron chi connectivity index (χ3n) is 2.43. The Balaban J connectivity index is 1.97. The molecule has 0 aliphatic carbocycles. The van der Waals surface area contributed by atoms with Gasteiger partial charge >= 0.3 is 5.97 Å². The second-order valence-corrected chi connectivity index (χ2v) is 3.74. The average Bonchev–Trinajstić information content (AvgIpc) is 2.81. The Morgan fingerprint density at radius 2 is 2.50 bits per heavy atom. The Morgan fingerprint density at radius 3 is 3.22 bits per heavy atom. The van der Waals surface area contributed by atoms with Crippen LogP contribution in [0, 0.1) is 0 Å². The number of aromatic nitrogens is 2. The molecule has 0 spiro atoms. The molecular formula is C11H14N2O5. The maximum Gasteiger partial charge on any atom is 0.356 e. The van der Waals surface area contributed by atoms with E-state index >= 15 is 0 Å². The summed E-state index contributed by atoms with van der Waals surface area (Å²) in [6, 6.07) is 1.40. The molecule has 0 bridgehead atoms. The highest BCUT2D eigenvalue weighted by Gasteiger charge is 2.25. The minimum Gasteiger partial charge on any atom is -0.463 e. The van der Waals surface area contributed by atoms with Crippen LogP contribution in [0.25, 0.3) is 0 Å². The Kier molecular flexibility index (Phi) is 3.93. The molecule has 1 aromatic rings. The van der Waals surface area contributed by atoms with Crippen molar-refractivity contribution >= 4 is 11.8 Å². The highest BCUT2D eigenvalue weighted by Crippen LogP contribution is 2.14. The molecule has 1 aliphatic heterocycles. The molecule has 7 heteroatoms. The summed E-state index contributed by atoms with van der Waals surface area (Å²) in [6.07, 6.45) is -0.322. The van der Waals surface area contributed by atoms with Gasteiger partial charge in [-0.3, -0.25) is 9.89 Å². The van der Waals surface area contributed by atoms with Crippen LogP contribution in [-0.4, -0.2) is 47.9 Å². The van der Waals surface area contributed by atoms with Crippen molar-refractivity contribution in [3.05, 3.63) is 11.8 Å². The predicted octanol–water partition coefficient (Wildman–Crippen LogP) is 0.323. The van der Waals surface area contributed by atoms with Crippen LogP contribution in [0.2, 0.25) is 0 Å². The van der Waals surface area contributed by atoms with Gasteiger partial charge in [0.2, 0.25) is 5.88 Å². The first kappa shape index (κ1) is 12.6. The van der Waals surface area contributed by atoms with E-state index in [1.807, 2.05) is 0 Å². The average molecular weight is 254 g/mol. The number of rotatable bonds is 4. The van der Waals surface area contributed by atoms with E-state index in [2.05, 4.69) is 10.2 Å². The number of hydrogen-bond donors (Lipinski definition) is 1. The smallest absolute Gasteiger partial charge is 0.356 e. The first-order valence-electron chi connectivity index (χ1n) is 5.70. The van der Waals surface area contributed by atoms with Gasteiger partial charge in [0, 0.05) is 12.5 Å². The fourth-order valence-corrected chi connectivity index (χ4v) is 1.54. The van der Waals surface area contributed by atoms with Crippen molar-refractivity contribution in [1.29, 1.82) is 0 Å². The van der Waals surface area contributed by atoms with E-state index in [1.165, 1.54) is 6.07 Å². The summed E-state index contributed by atoms with van der Waals surface area (Å²) in [4.78, 5) is 22.9. The zero-order valence-electron chi connectivity index (χ0n) is 9.97. The molecule has 0 amide bonds. The summed E-state index contributed by atoms with van der Waals surface area (Å²) in [7, 11) is 0. The van der Waals surface area contributed by atoms with E-state index in [0.29, 0.717) is 13.0 Å². The number of Topliss-reactive ketones (excluding diaryl/α,β-unsaturated/α-hetero) is 1. The Labute approximate surface area is 103 Å². The van der Waals surface area contributed by atoms with Crippen LogP contribution in [0.1, 0.15) is 23.8 Å². The monoisotopic (exact) mass is 254 g/mol. The largest absolute Gasteiger partial charge is 0.463 e. The minimum absolute atomic E-state index is 0.0260. The van der Waals surface area contributed by atoms with E-state index in [9.17, 15) is 9.59 Å². The second kappa shape index (κ2) is 5.63. The normalized spacial score (nSPS) is 19.6. The number of hydrogen-bond acceptors (Lipinski definition) is 6. The van der Waals surface area contributed by atoms with Gasteiger partial charge in [-0.2, -0.15) is 0 Å². The van der Waals surface area contributed by atoms with Crippen LogP contribution in [0.3, 0.4) is 0 Å². The molecular weight excluding hydrogens is 240 g/mol. The van der Waals surface area contributed by atoms with Gasteiger partial charge in [-0.15, -0.1) is 5.10 Å². The van der Waals surface area contributed by atoms with Crippen molar-refractivity contribution in [3.8, 4) is 5.88 Å². The molecule has 1 atom stereocenters. The summed E-state index contributed by atoms with van der Waals surface area (Å²) in [5, 5.41) is 6.29. The number of carbonyl (C=O) groups is 2. The van der Waals surface area contributed by atoms with Crippen LogP contribution in [0.4, 0.5) is 0 Å². The molecule has 2 heterocycles. The zero-order chi connectivity index (χ0) is 13.0. The summed E-state index contributed by atoms with van der Waals surface area (Å²) in [5.41, 5.74) is 0.191. The summed E-state index contributed by atoms with van der Waals surface area (Å²) >= 11 is 0. The summed E-state index contributed by atoms with van der Waals surface area (Å²) in [5.74, 6) is -0.352. The van der Waals surface area contributed by atoms with Gasteiger partial charge in [0.1, 0.15) is 5.69 Å². The van der Waals surface area contributed by atoms with Crippen molar-refractivity contribution in [3.63, 3.8) is 0 Å². The number of aromatic amines is 1. The number of nitrogens with zero attached hydrogens (tertiary/aromatic N) is 1. The lowest BCUT2D eigenvalue weighted by atomic mass is 10.1. The lowest BCUT2D eigenvalue weighted by Crippen LogP contribution is -2.37. The highest BCUT2D eigenvalue weighted by molar-refractivity contribution is 5.87. The molecule has 0 radical (unpaired) electrons. The second-order valence-electron chi connectivity index (χ2n) is 3.74. The first-order valence-corrected chi connectivity index (χ1v) is 5.70. The topological polar surface area (TPSA) is 90.5 Å². The van der Waals surface area contributed by atoms with Gasteiger partial charge in [0.25, 0.3) is 0 Å². The quantitative estimate of drug-likeness (QED) is 0.778. The number of H-pyrrole nitrogens is 1. The van der Waals surface area contributed by atoms with Crippen molar-refractivity contribution in [2.24, 2.45) is 0 Å².